The van der Waals surface area contributed by atoms with E-state index in [4.69, 9.17) is 0 Å². The third-order valence-electron chi connectivity index (χ3n) is 3.96. The Morgan fingerprint density at radius 3 is 2.28 bits per heavy atom. The number of hydrogen-bond acceptors (Lipinski definition) is 4. The van der Waals surface area contributed by atoms with Gasteiger partial charge in [-0.3, -0.25) is 14.4 Å². The molecule has 0 saturated heterocycles. The fourth-order valence-electron chi connectivity index (χ4n) is 2.55. The molecule has 0 spiro atoms. The van der Waals surface area contributed by atoms with E-state index in [1.807, 2.05) is 20.8 Å². The maximum atomic E-state index is 12.2. The van der Waals surface area contributed by atoms with Crippen molar-refractivity contribution in [3.8, 4) is 0 Å². The van der Waals surface area contributed by atoms with Gasteiger partial charge >= 0.3 is 0 Å². The molecule has 0 aliphatic carbocycles. The van der Waals surface area contributed by atoms with Crippen LogP contribution in [0.4, 0.5) is 11.4 Å². The van der Waals surface area contributed by atoms with Crippen molar-refractivity contribution in [3.05, 3.63) is 59.7 Å². The van der Waals surface area contributed by atoms with Crippen LogP contribution in [0.5, 0.6) is 0 Å². The average Bonchev–Trinajstić information content (AvgIpc) is 2.70. The molecule has 0 saturated carbocycles. The van der Waals surface area contributed by atoms with Crippen LogP contribution in [0.15, 0.2) is 48.5 Å². The first-order valence-corrected chi connectivity index (χ1v) is 9.72. The van der Waals surface area contributed by atoms with Gasteiger partial charge in [-0.15, -0.1) is 0 Å². The Labute approximate surface area is 171 Å². The van der Waals surface area contributed by atoms with Gasteiger partial charge in [0.05, 0.1) is 6.54 Å². The summed E-state index contributed by atoms with van der Waals surface area (Å²) in [6.07, 6.45) is 0.873. The molecular formula is C22H28N4O3. The number of nitrogens with one attached hydrogen (secondary N) is 4. The number of carbonyl (C=O) groups excluding carboxylic acids is 3. The van der Waals surface area contributed by atoms with Crippen LogP contribution in [-0.2, 0) is 4.79 Å². The van der Waals surface area contributed by atoms with Gasteiger partial charge in [0.2, 0.25) is 5.91 Å². The minimum atomic E-state index is -0.231. The van der Waals surface area contributed by atoms with Crippen LogP contribution < -0.4 is 21.3 Å². The first-order chi connectivity index (χ1) is 13.9. The molecular weight excluding hydrogens is 368 g/mol. The van der Waals surface area contributed by atoms with E-state index in [1.54, 1.807) is 48.5 Å². The fraction of sp³-hybridized carbons (Fsp3) is 0.318. The molecule has 0 heterocycles. The van der Waals surface area contributed by atoms with Crippen LogP contribution in [0.2, 0.25) is 0 Å². The third kappa shape index (κ3) is 7.29. The number of anilines is 2. The van der Waals surface area contributed by atoms with E-state index in [1.165, 1.54) is 0 Å². The first kappa shape index (κ1) is 21.9. The summed E-state index contributed by atoms with van der Waals surface area (Å²) in [4.78, 5) is 36.1. The smallest absolute Gasteiger partial charge is 0.251 e. The molecule has 0 aromatic heterocycles. The lowest BCUT2D eigenvalue weighted by Crippen LogP contribution is -2.30. The van der Waals surface area contributed by atoms with Crippen molar-refractivity contribution in [1.82, 2.24) is 10.6 Å². The maximum absolute atomic E-state index is 12.2. The summed E-state index contributed by atoms with van der Waals surface area (Å²) in [5.74, 6) is -0.519. The maximum Gasteiger partial charge on any atom is 0.251 e. The van der Waals surface area contributed by atoms with E-state index < -0.39 is 0 Å². The fourth-order valence-corrected chi connectivity index (χ4v) is 2.55. The SMILES string of the molecule is CCCNC(=O)c1ccc(NC(=O)CNc2cccc(C(=O)NC(C)C)c2)cc1. The summed E-state index contributed by atoms with van der Waals surface area (Å²) in [5.41, 5.74) is 2.36. The Balaban J connectivity index is 1.87. The van der Waals surface area contributed by atoms with Gasteiger partial charge in [-0.05, 0) is 62.7 Å². The predicted molar refractivity (Wildman–Crippen MR) is 115 cm³/mol. The van der Waals surface area contributed by atoms with Crippen LogP contribution in [0, 0.1) is 0 Å². The number of carbonyl (C=O) groups is 3. The van der Waals surface area contributed by atoms with Gasteiger partial charge in [-0.25, -0.2) is 0 Å². The van der Waals surface area contributed by atoms with Gasteiger partial charge in [0.25, 0.3) is 11.8 Å². The second-order valence-electron chi connectivity index (χ2n) is 6.94. The molecule has 29 heavy (non-hydrogen) atoms. The van der Waals surface area contributed by atoms with Crippen LogP contribution >= 0.6 is 0 Å². The van der Waals surface area contributed by atoms with Gasteiger partial charge in [0.15, 0.2) is 0 Å². The number of hydrogen-bond donors (Lipinski definition) is 4. The van der Waals surface area contributed by atoms with Gasteiger partial charge in [0, 0.05) is 35.1 Å². The molecule has 0 unspecified atom stereocenters. The molecule has 0 fully saturated rings. The highest BCUT2D eigenvalue weighted by atomic mass is 16.2. The molecule has 4 N–H and O–H groups in total. The molecule has 0 radical (unpaired) electrons. The molecule has 3 amide bonds. The van der Waals surface area contributed by atoms with Crippen molar-refractivity contribution in [2.45, 2.75) is 33.2 Å². The molecule has 154 valence electrons. The minimum Gasteiger partial charge on any atom is -0.376 e. The molecule has 0 aliphatic rings. The summed E-state index contributed by atoms with van der Waals surface area (Å²) in [6, 6.07) is 13.8. The van der Waals surface area contributed by atoms with Crippen molar-refractivity contribution in [1.29, 1.82) is 0 Å². The second kappa shape index (κ2) is 10.8. The lowest BCUT2D eigenvalue weighted by Gasteiger charge is -2.11. The second-order valence-corrected chi connectivity index (χ2v) is 6.94. The van der Waals surface area contributed by atoms with Gasteiger partial charge in [0.1, 0.15) is 0 Å². The molecule has 0 atom stereocenters. The lowest BCUT2D eigenvalue weighted by molar-refractivity contribution is -0.114. The monoisotopic (exact) mass is 396 g/mol. The molecule has 2 aromatic rings. The van der Waals surface area contributed by atoms with Gasteiger partial charge < -0.3 is 21.3 Å². The van der Waals surface area contributed by atoms with E-state index in [0.29, 0.717) is 29.0 Å². The molecule has 0 bridgehead atoms. The van der Waals surface area contributed by atoms with E-state index in [0.717, 1.165) is 6.42 Å². The quantitative estimate of drug-likeness (QED) is 0.524. The molecule has 2 rings (SSSR count). The third-order valence-corrected chi connectivity index (χ3v) is 3.96. The van der Waals surface area contributed by atoms with Crippen LogP contribution in [0.3, 0.4) is 0 Å². The largest absolute Gasteiger partial charge is 0.376 e. The molecule has 7 heteroatoms. The highest BCUT2D eigenvalue weighted by Crippen LogP contribution is 2.12. The zero-order valence-electron chi connectivity index (χ0n) is 17.0. The van der Waals surface area contributed by atoms with Crippen molar-refractivity contribution in [3.63, 3.8) is 0 Å². The molecule has 0 aliphatic heterocycles. The van der Waals surface area contributed by atoms with Crippen molar-refractivity contribution >= 4 is 29.1 Å². The Kier molecular flexibility index (Phi) is 8.21. The highest BCUT2D eigenvalue weighted by molar-refractivity contribution is 5.97. The van der Waals surface area contributed by atoms with Crippen molar-refractivity contribution < 1.29 is 14.4 Å². The Bertz CT molecular complexity index is 847. The van der Waals surface area contributed by atoms with E-state index in [-0.39, 0.29) is 30.3 Å². The summed E-state index contributed by atoms with van der Waals surface area (Å²) >= 11 is 0. The van der Waals surface area contributed by atoms with Crippen molar-refractivity contribution in [2.75, 3.05) is 23.7 Å². The topological polar surface area (TPSA) is 99.3 Å². The number of amides is 3. The predicted octanol–water partition coefficient (Wildman–Crippen LogP) is 3.02. The number of rotatable bonds is 9. The van der Waals surface area contributed by atoms with Crippen LogP contribution in [0.1, 0.15) is 47.9 Å². The van der Waals surface area contributed by atoms with E-state index >= 15 is 0 Å². The zero-order valence-corrected chi connectivity index (χ0v) is 17.0. The van der Waals surface area contributed by atoms with Gasteiger partial charge in [-0.1, -0.05) is 13.0 Å². The summed E-state index contributed by atoms with van der Waals surface area (Å²) in [7, 11) is 0. The lowest BCUT2D eigenvalue weighted by atomic mass is 10.1. The number of benzene rings is 2. The molecule has 2 aromatic carbocycles. The van der Waals surface area contributed by atoms with Crippen molar-refractivity contribution in [2.24, 2.45) is 0 Å². The van der Waals surface area contributed by atoms with Crippen LogP contribution in [-0.4, -0.2) is 36.9 Å². The minimum absolute atomic E-state index is 0.0496. The van der Waals surface area contributed by atoms with Crippen LogP contribution in [0.25, 0.3) is 0 Å². The average molecular weight is 396 g/mol. The Morgan fingerprint density at radius 2 is 1.62 bits per heavy atom. The van der Waals surface area contributed by atoms with E-state index in [2.05, 4.69) is 21.3 Å². The Hall–Kier alpha value is -3.35. The first-order valence-electron chi connectivity index (χ1n) is 9.72. The normalized spacial score (nSPS) is 10.3. The standard InChI is InChI=1S/C22H28N4O3/c1-4-12-23-21(28)16-8-10-18(11-9-16)26-20(27)14-24-19-7-5-6-17(13-19)22(29)25-15(2)3/h5-11,13,15,24H,4,12,14H2,1-3H3,(H,23,28)(H,25,29)(H,26,27). The summed E-state index contributed by atoms with van der Waals surface area (Å²) < 4.78 is 0. The summed E-state index contributed by atoms with van der Waals surface area (Å²) in [5, 5.41) is 11.4. The Morgan fingerprint density at radius 1 is 0.897 bits per heavy atom. The van der Waals surface area contributed by atoms with Gasteiger partial charge in [-0.2, -0.15) is 0 Å². The highest BCUT2D eigenvalue weighted by Gasteiger charge is 2.09. The van der Waals surface area contributed by atoms with E-state index in [9.17, 15) is 14.4 Å². The molecule has 7 nitrogen and oxygen atoms in total. The zero-order chi connectivity index (χ0) is 21.2. The summed E-state index contributed by atoms with van der Waals surface area (Å²) in [6.45, 7) is 6.46.